The lowest BCUT2D eigenvalue weighted by molar-refractivity contribution is 0.274. The van der Waals surface area contributed by atoms with E-state index in [0.717, 1.165) is 23.5 Å². The van der Waals surface area contributed by atoms with E-state index in [9.17, 15) is 0 Å². The Kier molecular flexibility index (Phi) is 4.90. The molecule has 0 fully saturated rings. The summed E-state index contributed by atoms with van der Waals surface area (Å²) in [5.41, 5.74) is 3.05. The largest absolute Gasteiger partial charge is 0.493 e. The van der Waals surface area contributed by atoms with Gasteiger partial charge in [0.2, 0.25) is 0 Å². The van der Waals surface area contributed by atoms with Crippen LogP contribution in [0.25, 0.3) is 0 Å². The first-order chi connectivity index (χ1) is 9.67. The quantitative estimate of drug-likeness (QED) is 0.765. The third kappa shape index (κ3) is 3.25. The molecule has 0 saturated carbocycles. The van der Waals surface area contributed by atoms with Gasteiger partial charge in [0.05, 0.1) is 18.5 Å². The Bertz CT molecular complexity index is 581. The Labute approximate surface area is 124 Å². The van der Waals surface area contributed by atoms with Crippen LogP contribution in [0.5, 0.6) is 11.5 Å². The average molecular weight is 295 g/mol. The maximum Gasteiger partial charge on any atom is 0.161 e. The van der Waals surface area contributed by atoms with Crippen molar-refractivity contribution in [2.24, 2.45) is 0 Å². The Morgan fingerprint density at radius 3 is 2.70 bits per heavy atom. The van der Waals surface area contributed by atoms with Gasteiger partial charge in [0.1, 0.15) is 6.61 Å². The number of aryl methyl sites for hydroxylation is 2. The molecule has 0 N–H and O–H groups in total. The van der Waals surface area contributed by atoms with Crippen molar-refractivity contribution in [3.8, 4) is 11.5 Å². The fraction of sp³-hybridized carbons (Fsp3) is 0.400. The van der Waals surface area contributed by atoms with Gasteiger partial charge >= 0.3 is 0 Å². The number of halogens is 1. The highest BCUT2D eigenvalue weighted by Crippen LogP contribution is 2.29. The van der Waals surface area contributed by atoms with E-state index in [0.29, 0.717) is 24.0 Å². The zero-order valence-corrected chi connectivity index (χ0v) is 12.8. The van der Waals surface area contributed by atoms with Crippen LogP contribution >= 0.6 is 11.6 Å². The van der Waals surface area contributed by atoms with Gasteiger partial charge in [-0.3, -0.25) is 4.68 Å². The number of nitrogens with zero attached hydrogens (tertiary/aromatic N) is 2. The average Bonchev–Trinajstić information content (AvgIpc) is 2.85. The molecule has 4 nitrogen and oxygen atoms in total. The fourth-order valence-corrected chi connectivity index (χ4v) is 2.22. The van der Waals surface area contributed by atoms with E-state index in [1.54, 1.807) is 7.11 Å². The summed E-state index contributed by atoms with van der Waals surface area (Å²) in [6.45, 7) is 5.33. The number of hydrogen-bond donors (Lipinski definition) is 0. The molecule has 2 aromatic rings. The lowest BCUT2D eigenvalue weighted by atomic mass is 10.2. The third-order valence-electron chi connectivity index (χ3n) is 3.04. The van der Waals surface area contributed by atoms with Gasteiger partial charge in [-0.1, -0.05) is 6.07 Å². The Morgan fingerprint density at radius 2 is 2.05 bits per heavy atom. The summed E-state index contributed by atoms with van der Waals surface area (Å²) in [5, 5.41) is 4.40. The van der Waals surface area contributed by atoms with Crippen LogP contribution in [0.15, 0.2) is 24.3 Å². The standard InChI is InChI=1S/C15H19ClN2O2/c1-4-18-13(7-11(2)17-18)10-20-14-6-5-12(9-16)8-15(14)19-3/h5-8H,4,9-10H2,1-3H3. The van der Waals surface area contributed by atoms with Crippen LogP contribution in [0.4, 0.5) is 0 Å². The predicted molar refractivity (Wildman–Crippen MR) is 79.5 cm³/mol. The van der Waals surface area contributed by atoms with Crippen LogP contribution in [0.2, 0.25) is 0 Å². The Morgan fingerprint density at radius 1 is 1.25 bits per heavy atom. The number of ether oxygens (including phenoxy) is 2. The molecule has 20 heavy (non-hydrogen) atoms. The highest BCUT2D eigenvalue weighted by atomic mass is 35.5. The third-order valence-corrected chi connectivity index (χ3v) is 3.35. The zero-order valence-electron chi connectivity index (χ0n) is 12.0. The molecule has 1 aromatic carbocycles. The Hall–Kier alpha value is -1.68. The first kappa shape index (κ1) is 14.7. The molecule has 0 amide bonds. The second-order valence-corrected chi connectivity index (χ2v) is 4.77. The van der Waals surface area contributed by atoms with Crippen LogP contribution in [-0.2, 0) is 19.0 Å². The van der Waals surface area contributed by atoms with Crippen LogP contribution in [-0.4, -0.2) is 16.9 Å². The van der Waals surface area contributed by atoms with Crippen molar-refractivity contribution in [2.75, 3.05) is 7.11 Å². The maximum atomic E-state index is 5.84. The molecule has 0 unspecified atom stereocenters. The molecule has 0 radical (unpaired) electrons. The van der Waals surface area contributed by atoms with Gasteiger partial charge in [-0.05, 0) is 37.6 Å². The lowest BCUT2D eigenvalue weighted by Gasteiger charge is -2.12. The van der Waals surface area contributed by atoms with Gasteiger partial charge in [-0.15, -0.1) is 11.6 Å². The molecule has 0 atom stereocenters. The van der Waals surface area contributed by atoms with E-state index >= 15 is 0 Å². The second-order valence-electron chi connectivity index (χ2n) is 4.50. The van der Waals surface area contributed by atoms with Gasteiger partial charge in [0.25, 0.3) is 0 Å². The summed E-state index contributed by atoms with van der Waals surface area (Å²) in [6, 6.07) is 7.75. The molecule has 5 heteroatoms. The highest BCUT2D eigenvalue weighted by Gasteiger charge is 2.09. The minimum atomic E-state index is 0.457. The molecule has 0 aliphatic rings. The lowest BCUT2D eigenvalue weighted by Crippen LogP contribution is -2.06. The first-order valence-corrected chi connectivity index (χ1v) is 7.10. The van der Waals surface area contributed by atoms with Gasteiger partial charge in [-0.2, -0.15) is 5.10 Å². The molecule has 1 heterocycles. The van der Waals surface area contributed by atoms with E-state index < -0.39 is 0 Å². The van der Waals surface area contributed by atoms with Crippen LogP contribution < -0.4 is 9.47 Å². The van der Waals surface area contributed by atoms with Crippen LogP contribution in [0, 0.1) is 6.92 Å². The molecule has 0 bridgehead atoms. The van der Waals surface area contributed by atoms with Gasteiger partial charge in [-0.25, -0.2) is 0 Å². The number of benzene rings is 1. The van der Waals surface area contributed by atoms with Crippen LogP contribution in [0.1, 0.15) is 23.9 Å². The van der Waals surface area contributed by atoms with Crippen LogP contribution in [0.3, 0.4) is 0 Å². The van der Waals surface area contributed by atoms with Gasteiger partial charge < -0.3 is 9.47 Å². The maximum absolute atomic E-state index is 5.84. The molecule has 0 aliphatic heterocycles. The normalized spacial score (nSPS) is 10.6. The predicted octanol–water partition coefficient (Wildman–Crippen LogP) is 3.54. The van der Waals surface area contributed by atoms with Crippen molar-refractivity contribution in [1.29, 1.82) is 0 Å². The molecule has 0 aliphatic carbocycles. The molecule has 108 valence electrons. The van der Waals surface area contributed by atoms with Gasteiger partial charge in [0.15, 0.2) is 11.5 Å². The summed E-state index contributed by atoms with van der Waals surface area (Å²) in [6.07, 6.45) is 0. The van der Waals surface area contributed by atoms with Crippen molar-refractivity contribution in [3.05, 3.63) is 41.2 Å². The number of aromatic nitrogens is 2. The molecular weight excluding hydrogens is 276 g/mol. The molecule has 0 saturated heterocycles. The number of methoxy groups -OCH3 is 1. The summed E-state index contributed by atoms with van der Waals surface area (Å²) in [7, 11) is 1.63. The van der Waals surface area contributed by atoms with E-state index in [-0.39, 0.29) is 0 Å². The van der Waals surface area contributed by atoms with E-state index in [4.69, 9.17) is 21.1 Å². The van der Waals surface area contributed by atoms with Crippen molar-refractivity contribution < 1.29 is 9.47 Å². The summed E-state index contributed by atoms with van der Waals surface area (Å²) >= 11 is 5.82. The molecule has 1 aromatic heterocycles. The van der Waals surface area contributed by atoms with Crippen molar-refractivity contribution in [1.82, 2.24) is 9.78 Å². The van der Waals surface area contributed by atoms with Gasteiger partial charge in [0, 0.05) is 12.4 Å². The van der Waals surface area contributed by atoms with E-state index in [2.05, 4.69) is 12.0 Å². The number of rotatable bonds is 6. The van der Waals surface area contributed by atoms with Crippen molar-refractivity contribution in [3.63, 3.8) is 0 Å². The monoisotopic (exact) mass is 294 g/mol. The van der Waals surface area contributed by atoms with E-state index in [1.807, 2.05) is 35.9 Å². The molecular formula is C15H19ClN2O2. The summed E-state index contributed by atoms with van der Waals surface area (Å²) < 4.78 is 13.1. The molecule has 2 rings (SSSR count). The molecule has 0 spiro atoms. The van der Waals surface area contributed by atoms with E-state index in [1.165, 1.54) is 0 Å². The first-order valence-electron chi connectivity index (χ1n) is 6.57. The van der Waals surface area contributed by atoms with Crippen molar-refractivity contribution in [2.45, 2.75) is 32.9 Å². The smallest absolute Gasteiger partial charge is 0.161 e. The minimum Gasteiger partial charge on any atom is -0.493 e. The highest BCUT2D eigenvalue weighted by molar-refractivity contribution is 6.17. The minimum absolute atomic E-state index is 0.457. The number of alkyl halides is 1. The zero-order chi connectivity index (χ0) is 14.5. The number of hydrogen-bond acceptors (Lipinski definition) is 3. The SMILES string of the molecule is CCn1nc(C)cc1COc1ccc(CCl)cc1OC. The fourth-order valence-electron chi connectivity index (χ4n) is 2.06. The summed E-state index contributed by atoms with van der Waals surface area (Å²) in [5.74, 6) is 1.86. The summed E-state index contributed by atoms with van der Waals surface area (Å²) in [4.78, 5) is 0. The second kappa shape index (κ2) is 6.66. The topological polar surface area (TPSA) is 36.3 Å². The van der Waals surface area contributed by atoms with Crippen molar-refractivity contribution >= 4 is 11.6 Å². The Balaban J connectivity index is 2.14.